The van der Waals surface area contributed by atoms with E-state index in [-0.39, 0.29) is 34.0 Å². The summed E-state index contributed by atoms with van der Waals surface area (Å²) in [5.74, 6) is 0.812. The molecule has 0 aliphatic heterocycles. The molecule has 9 heteroatoms. The summed E-state index contributed by atoms with van der Waals surface area (Å²) in [6.45, 7) is 1.56. The Morgan fingerprint density at radius 3 is 2.58 bits per heavy atom. The zero-order valence-corrected chi connectivity index (χ0v) is 15.9. The molecule has 3 rings (SSSR count). The highest BCUT2D eigenvalue weighted by Crippen LogP contribution is 2.32. The average Bonchev–Trinajstić information content (AvgIpc) is 3.19. The summed E-state index contributed by atoms with van der Waals surface area (Å²) in [4.78, 5) is 4.21. The predicted molar refractivity (Wildman–Crippen MR) is 95.0 cm³/mol. The molecule has 2 aromatic heterocycles. The quantitative estimate of drug-likeness (QED) is 0.850. The fourth-order valence-electron chi connectivity index (χ4n) is 3.06. The molecule has 0 unspecified atom stereocenters. The van der Waals surface area contributed by atoms with Gasteiger partial charge in [-0.15, -0.1) is 0 Å². The molecule has 0 bridgehead atoms. The lowest BCUT2D eigenvalue weighted by molar-refractivity contribution is 0.448. The Balaban J connectivity index is 1.92. The summed E-state index contributed by atoms with van der Waals surface area (Å²) in [6, 6.07) is 3.64. The Kier molecular flexibility index (Phi) is 5.07. The molecule has 2 aromatic rings. The number of nitrogens with zero attached hydrogens (tertiary/aromatic N) is 3. The number of aryl methyl sites for hydroxylation is 1. The van der Waals surface area contributed by atoms with Crippen LogP contribution in [-0.2, 0) is 10.0 Å². The Labute approximate surface area is 152 Å². The van der Waals surface area contributed by atoms with Crippen molar-refractivity contribution in [1.29, 1.82) is 5.26 Å². The second kappa shape index (κ2) is 7.13. The van der Waals surface area contributed by atoms with Gasteiger partial charge in [0.15, 0.2) is 5.76 Å². The van der Waals surface area contributed by atoms with Crippen LogP contribution in [0.4, 0.5) is 5.88 Å². The summed E-state index contributed by atoms with van der Waals surface area (Å²) < 4.78 is 37.0. The number of hydrogen-bond acceptors (Lipinski definition) is 7. The van der Waals surface area contributed by atoms with Crippen molar-refractivity contribution >= 4 is 15.9 Å². The normalized spacial score (nSPS) is 16.0. The van der Waals surface area contributed by atoms with E-state index < -0.39 is 10.0 Å². The van der Waals surface area contributed by atoms with Gasteiger partial charge in [0.05, 0.1) is 0 Å². The summed E-state index contributed by atoms with van der Waals surface area (Å²) in [6.07, 6.45) is 5.55. The van der Waals surface area contributed by atoms with Crippen LogP contribution < -0.4 is 5.32 Å². The molecule has 0 aromatic carbocycles. The second-order valence-corrected chi connectivity index (χ2v) is 8.73. The SMILES string of the molecule is Cc1oc(-c2nc(C#N)c(NC3CCCCC3)o2)cc1S(=O)(=O)N(C)C. The zero-order chi connectivity index (χ0) is 18.9. The van der Waals surface area contributed by atoms with Crippen LogP contribution >= 0.6 is 0 Å². The highest BCUT2D eigenvalue weighted by molar-refractivity contribution is 7.89. The third kappa shape index (κ3) is 3.48. The van der Waals surface area contributed by atoms with Gasteiger partial charge in [-0.1, -0.05) is 19.3 Å². The van der Waals surface area contributed by atoms with Gasteiger partial charge in [0, 0.05) is 26.2 Å². The Morgan fingerprint density at radius 1 is 1.27 bits per heavy atom. The van der Waals surface area contributed by atoms with Crippen LogP contribution in [0.3, 0.4) is 0 Å². The smallest absolute Gasteiger partial charge is 0.266 e. The minimum absolute atomic E-state index is 0.0518. The topological polar surface area (TPSA) is 112 Å². The molecule has 1 aliphatic rings. The van der Waals surface area contributed by atoms with E-state index in [1.54, 1.807) is 6.92 Å². The third-order valence-corrected chi connectivity index (χ3v) is 6.44. The minimum Gasteiger partial charge on any atom is -0.455 e. The van der Waals surface area contributed by atoms with Crippen molar-refractivity contribution in [2.24, 2.45) is 0 Å². The molecule has 8 nitrogen and oxygen atoms in total. The monoisotopic (exact) mass is 378 g/mol. The number of hydrogen-bond donors (Lipinski definition) is 1. The first kappa shape index (κ1) is 18.5. The standard InChI is InChI=1S/C17H22N4O4S/c1-11-15(26(22,23)21(2)3)9-14(24-11)17-20-13(10-18)16(25-17)19-12-7-5-4-6-8-12/h9,12,19H,4-8H2,1-3H3. The highest BCUT2D eigenvalue weighted by atomic mass is 32.2. The van der Waals surface area contributed by atoms with Crippen LogP contribution in [0.15, 0.2) is 19.8 Å². The number of rotatable bonds is 5. The molecule has 0 radical (unpaired) electrons. The fourth-order valence-corrected chi connectivity index (χ4v) is 4.11. The molecule has 0 saturated heterocycles. The molecular formula is C17H22N4O4S. The van der Waals surface area contributed by atoms with Gasteiger partial charge in [0.25, 0.3) is 5.89 Å². The first-order valence-corrected chi connectivity index (χ1v) is 9.97. The molecule has 1 N–H and O–H groups in total. The number of furan rings is 1. The average molecular weight is 378 g/mol. The van der Waals surface area contributed by atoms with Gasteiger partial charge in [0.1, 0.15) is 16.7 Å². The van der Waals surface area contributed by atoms with E-state index in [9.17, 15) is 13.7 Å². The number of aromatic nitrogens is 1. The van der Waals surface area contributed by atoms with Crippen molar-refractivity contribution in [1.82, 2.24) is 9.29 Å². The number of sulfonamides is 1. The van der Waals surface area contributed by atoms with Gasteiger partial charge in [-0.3, -0.25) is 0 Å². The molecule has 0 amide bonds. The number of anilines is 1. The molecule has 1 fully saturated rings. The van der Waals surface area contributed by atoms with E-state index in [1.807, 2.05) is 6.07 Å². The van der Waals surface area contributed by atoms with E-state index in [4.69, 9.17) is 8.83 Å². The molecule has 1 aliphatic carbocycles. The Bertz CT molecular complexity index is 931. The predicted octanol–water partition coefficient (Wildman–Crippen LogP) is 3.11. The van der Waals surface area contributed by atoms with Crippen molar-refractivity contribution in [3.05, 3.63) is 17.5 Å². The molecule has 140 valence electrons. The van der Waals surface area contributed by atoms with Crippen LogP contribution in [0, 0.1) is 18.3 Å². The van der Waals surface area contributed by atoms with Crippen molar-refractivity contribution in [2.45, 2.75) is 50.0 Å². The summed E-state index contributed by atoms with van der Waals surface area (Å²) in [7, 11) is -0.735. The number of oxazole rings is 1. The first-order chi connectivity index (χ1) is 12.3. The second-order valence-electron chi connectivity index (χ2n) is 6.61. The summed E-state index contributed by atoms with van der Waals surface area (Å²) >= 11 is 0. The molecule has 0 atom stereocenters. The van der Waals surface area contributed by atoms with Crippen molar-refractivity contribution in [3.63, 3.8) is 0 Å². The highest BCUT2D eigenvalue weighted by Gasteiger charge is 2.27. The van der Waals surface area contributed by atoms with Gasteiger partial charge in [-0.25, -0.2) is 12.7 Å². The van der Waals surface area contributed by atoms with Crippen molar-refractivity contribution < 1.29 is 17.3 Å². The van der Waals surface area contributed by atoms with Crippen LogP contribution in [0.5, 0.6) is 0 Å². The van der Waals surface area contributed by atoms with Crippen LogP contribution in [0.25, 0.3) is 11.7 Å². The zero-order valence-electron chi connectivity index (χ0n) is 15.1. The molecular weight excluding hydrogens is 356 g/mol. The molecule has 0 spiro atoms. The minimum atomic E-state index is -3.64. The maximum absolute atomic E-state index is 12.3. The van der Waals surface area contributed by atoms with E-state index in [0.717, 1.165) is 30.0 Å². The lowest BCUT2D eigenvalue weighted by Crippen LogP contribution is -2.22. The Morgan fingerprint density at radius 2 is 1.96 bits per heavy atom. The largest absolute Gasteiger partial charge is 0.455 e. The Hall–Kier alpha value is -2.31. The fraction of sp³-hybridized carbons (Fsp3) is 0.529. The van der Waals surface area contributed by atoms with Gasteiger partial charge in [-0.2, -0.15) is 10.2 Å². The van der Waals surface area contributed by atoms with Gasteiger partial charge < -0.3 is 14.2 Å². The van der Waals surface area contributed by atoms with Crippen molar-refractivity contribution in [2.75, 3.05) is 19.4 Å². The lowest BCUT2D eigenvalue weighted by atomic mass is 9.95. The lowest BCUT2D eigenvalue weighted by Gasteiger charge is -2.22. The van der Waals surface area contributed by atoms with Gasteiger partial charge >= 0.3 is 0 Å². The maximum Gasteiger partial charge on any atom is 0.266 e. The van der Waals surface area contributed by atoms with Gasteiger partial charge in [0.2, 0.25) is 21.6 Å². The van der Waals surface area contributed by atoms with Crippen LogP contribution in [0.2, 0.25) is 0 Å². The van der Waals surface area contributed by atoms with Crippen LogP contribution in [0.1, 0.15) is 43.6 Å². The summed E-state index contributed by atoms with van der Waals surface area (Å²) in [5, 5.41) is 12.6. The van der Waals surface area contributed by atoms with E-state index >= 15 is 0 Å². The van der Waals surface area contributed by atoms with E-state index in [1.165, 1.54) is 26.6 Å². The number of nitriles is 1. The first-order valence-electron chi connectivity index (χ1n) is 8.53. The molecule has 2 heterocycles. The maximum atomic E-state index is 12.3. The van der Waals surface area contributed by atoms with E-state index in [0.29, 0.717) is 5.88 Å². The van der Waals surface area contributed by atoms with Gasteiger partial charge in [-0.05, 0) is 19.8 Å². The number of nitrogens with one attached hydrogen (secondary N) is 1. The molecule has 26 heavy (non-hydrogen) atoms. The third-order valence-electron chi connectivity index (χ3n) is 4.52. The summed E-state index contributed by atoms with van der Waals surface area (Å²) in [5.41, 5.74) is 0.136. The molecule has 1 saturated carbocycles. The van der Waals surface area contributed by atoms with Crippen LogP contribution in [-0.4, -0.2) is 37.8 Å². The van der Waals surface area contributed by atoms with Crippen molar-refractivity contribution in [3.8, 4) is 17.7 Å². The van der Waals surface area contributed by atoms with E-state index in [2.05, 4.69) is 10.3 Å².